The van der Waals surface area contributed by atoms with E-state index in [1.165, 1.54) is 22.4 Å². The molecule has 0 aromatic heterocycles. The van der Waals surface area contributed by atoms with E-state index in [0.717, 1.165) is 22.0 Å². The number of halogens is 2. The average molecular weight is 475 g/mol. The van der Waals surface area contributed by atoms with Crippen LogP contribution in [0.5, 0.6) is 0 Å². The molecule has 4 rings (SSSR count). The van der Waals surface area contributed by atoms with Crippen molar-refractivity contribution in [2.45, 2.75) is 6.04 Å². The first-order valence-corrected chi connectivity index (χ1v) is 10.3. The van der Waals surface area contributed by atoms with Crippen molar-refractivity contribution in [1.29, 1.82) is 0 Å². The van der Waals surface area contributed by atoms with E-state index in [4.69, 9.17) is 5.10 Å². The normalized spacial score (nSPS) is 24.7. The molecule has 2 aliphatic rings. The van der Waals surface area contributed by atoms with Gasteiger partial charge in [0.1, 0.15) is 0 Å². The van der Waals surface area contributed by atoms with E-state index in [9.17, 15) is 0 Å². The molecule has 134 valence electrons. The Morgan fingerprint density at radius 3 is 2.23 bits per heavy atom. The van der Waals surface area contributed by atoms with Gasteiger partial charge in [-0.25, -0.2) is 0 Å². The van der Waals surface area contributed by atoms with E-state index in [1.807, 2.05) is 0 Å². The Hall–Kier alpha value is -1.43. The predicted molar refractivity (Wildman–Crippen MR) is 115 cm³/mol. The Morgan fingerprint density at radius 1 is 0.962 bits per heavy atom. The molecule has 5 heteroatoms. The lowest BCUT2D eigenvalue weighted by atomic mass is 9.83. The fourth-order valence-corrected chi connectivity index (χ4v) is 4.49. The van der Waals surface area contributed by atoms with Gasteiger partial charge in [0.15, 0.2) is 0 Å². The lowest BCUT2D eigenvalue weighted by Crippen LogP contribution is -2.41. The number of likely N-dealkylation sites (tertiary alicyclic amines) is 1. The SMILES string of the molecule is CN1C/C(=C\c2ccc(Br)cc2)C2=NN(C)C(c3ccc(Br)cc3)C2C1. The summed E-state index contributed by atoms with van der Waals surface area (Å²) >= 11 is 7.05. The number of piperidine rings is 1. The van der Waals surface area contributed by atoms with Crippen molar-refractivity contribution < 1.29 is 0 Å². The number of benzene rings is 2. The van der Waals surface area contributed by atoms with Crippen LogP contribution in [0.1, 0.15) is 17.2 Å². The molecule has 0 spiro atoms. The zero-order valence-corrected chi connectivity index (χ0v) is 18.0. The average Bonchev–Trinajstić information content (AvgIpc) is 2.94. The van der Waals surface area contributed by atoms with Gasteiger partial charge in [0.25, 0.3) is 0 Å². The molecule has 2 atom stereocenters. The maximum atomic E-state index is 4.95. The van der Waals surface area contributed by atoms with Crippen LogP contribution in [0, 0.1) is 5.92 Å². The van der Waals surface area contributed by atoms with Crippen LogP contribution in [0.15, 0.2) is 68.2 Å². The predicted octanol–water partition coefficient (Wildman–Crippen LogP) is 5.20. The highest BCUT2D eigenvalue weighted by Crippen LogP contribution is 2.39. The molecule has 0 saturated carbocycles. The molecule has 2 aliphatic heterocycles. The Bertz CT molecular complexity index is 856. The monoisotopic (exact) mass is 473 g/mol. The van der Waals surface area contributed by atoms with Crippen LogP contribution in [0.25, 0.3) is 6.08 Å². The standard InChI is InChI=1S/C21H21Br2N3/c1-25-12-16(11-14-3-7-17(22)8-4-14)20-19(13-25)21(26(2)24-20)15-5-9-18(23)10-6-15/h3-11,19,21H,12-13H2,1-2H3/b16-11+. The van der Waals surface area contributed by atoms with Gasteiger partial charge in [0.05, 0.1) is 11.8 Å². The van der Waals surface area contributed by atoms with Gasteiger partial charge in [0, 0.05) is 35.0 Å². The van der Waals surface area contributed by atoms with Gasteiger partial charge < -0.3 is 4.90 Å². The first-order chi connectivity index (χ1) is 12.5. The molecule has 2 aromatic carbocycles. The summed E-state index contributed by atoms with van der Waals surface area (Å²) in [6.45, 7) is 1.97. The number of rotatable bonds is 2. The maximum absolute atomic E-state index is 4.95. The molecule has 2 heterocycles. The quantitative estimate of drug-likeness (QED) is 0.595. The molecule has 0 amide bonds. The third kappa shape index (κ3) is 3.53. The molecule has 26 heavy (non-hydrogen) atoms. The van der Waals surface area contributed by atoms with Crippen LogP contribution in [0.2, 0.25) is 0 Å². The lowest BCUT2D eigenvalue weighted by molar-refractivity contribution is 0.211. The van der Waals surface area contributed by atoms with Crippen LogP contribution < -0.4 is 0 Å². The highest BCUT2D eigenvalue weighted by molar-refractivity contribution is 9.10. The van der Waals surface area contributed by atoms with Gasteiger partial charge in [0.2, 0.25) is 0 Å². The first kappa shape index (κ1) is 18.0. The Kier molecular flexibility index (Phi) is 5.04. The third-order valence-electron chi connectivity index (χ3n) is 5.10. The molecule has 0 aliphatic carbocycles. The molecule has 2 aromatic rings. The fourth-order valence-electron chi connectivity index (χ4n) is 3.96. The molecule has 0 N–H and O–H groups in total. The summed E-state index contributed by atoms with van der Waals surface area (Å²) in [5.74, 6) is 0.390. The maximum Gasteiger partial charge on any atom is 0.0813 e. The van der Waals surface area contributed by atoms with Crippen molar-refractivity contribution >= 4 is 43.6 Å². The van der Waals surface area contributed by atoms with Crippen LogP contribution in [0.3, 0.4) is 0 Å². The van der Waals surface area contributed by atoms with Crippen molar-refractivity contribution in [3.63, 3.8) is 0 Å². The molecule has 0 radical (unpaired) electrons. The van der Waals surface area contributed by atoms with Crippen LogP contribution >= 0.6 is 31.9 Å². The summed E-state index contributed by atoms with van der Waals surface area (Å²) in [5.41, 5.74) is 5.09. The highest BCUT2D eigenvalue weighted by Gasteiger charge is 2.41. The van der Waals surface area contributed by atoms with Crippen LogP contribution in [-0.2, 0) is 0 Å². The minimum absolute atomic E-state index is 0.286. The first-order valence-electron chi connectivity index (χ1n) is 8.73. The molecule has 0 bridgehead atoms. The Labute approximate surface area is 171 Å². The highest BCUT2D eigenvalue weighted by atomic mass is 79.9. The smallest absolute Gasteiger partial charge is 0.0813 e. The van der Waals surface area contributed by atoms with Crippen LogP contribution in [0.4, 0.5) is 0 Å². The van der Waals surface area contributed by atoms with Crippen molar-refractivity contribution in [1.82, 2.24) is 9.91 Å². The second kappa shape index (κ2) is 7.29. The fraction of sp³-hybridized carbons (Fsp3) is 0.286. The van der Waals surface area contributed by atoms with Crippen LogP contribution in [-0.4, -0.2) is 42.8 Å². The van der Waals surface area contributed by atoms with Gasteiger partial charge in [-0.3, -0.25) is 5.01 Å². The van der Waals surface area contributed by atoms with Gasteiger partial charge in [-0.15, -0.1) is 0 Å². The van der Waals surface area contributed by atoms with Crippen molar-refractivity contribution in [2.24, 2.45) is 11.0 Å². The molecular weight excluding hydrogens is 454 g/mol. The Balaban J connectivity index is 1.68. The van der Waals surface area contributed by atoms with E-state index < -0.39 is 0 Å². The molecule has 2 unspecified atom stereocenters. The summed E-state index contributed by atoms with van der Waals surface area (Å²) in [7, 11) is 4.29. The Morgan fingerprint density at radius 2 is 1.58 bits per heavy atom. The number of hydrazone groups is 1. The second-order valence-electron chi connectivity index (χ2n) is 7.08. The molecule has 3 nitrogen and oxygen atoms in total. The largest absolute Gasteiger partial charge is 0.301 e. The summed E-state index contributed by atoms with van der Waals surface area (Å²) in [5, 5.41) is 7.09. The third-order valence-corrected chi connectivity index (χ3v) is 6.16. The number of nitrogens with zero attached hydrogens (tertiary/aromatic N) is 3. The topological polar surface area (TPSA) is 18.8 Å². The van der Waals surface area contributed by atoms with E-state index in [2.05, 4.69) is 110 Å². The number of hydrogen-bond donors (Lipinski definition) is 0. The van der Waals surface area contributed by atoms with E-state index >= 15 is 0 Å². The zero-order valence-electron chi connectivity index (χ0n) is 14.9. The molecule has 1 saturated heterocycles. The van der Waals surface area contributed by atoms with Gasteiger partial charge in [-0.05, 0) is 54.1 Å². The van der Waals surface area contributed by atoms with E-state index in [-0.39, 0.29) is 6.04 Å². The zero-order chi connectivity index (χ0) is 18.3. The van der Waals surface area contributed by atoms with E-state index in [0.29, 0.717) is 5.92 Å². The summed E-state index contributed by atoms with van der Waals surface area (Å²) in [4.78, 5) is 2.40. The van der Waals surface area contributed by atoms with Crippen molar-refractivity contribution in [3.8, 4) is 0 Å². The minimum Gasteiger partial charge on any atom is -0.301 e. The molecular formula is C21H21Br2N3. The van der Waals surface area contributed by atoms with E-state index in [1.54, 1.807) is 0 Å². The summed E-state index contributed by atoms with van der Waals surface area (Å²) < 4.78 is 2.21. The molecule has 1 fully saturated rings. The lowest BCUT2D eigenvalue weighted by Gasteiger charge is -2.34. The van der Waals surface area contributed by atoms with Gasteiger partial charge in [-0.1, -0.05) is 56.1 Å². The second-order valence-corrected chi connectivity index (χ2v) is 8.91. The minimum atomic E-state index is 0.286. The number of likely N-dealkylation sites (N-methyl/N-ethyl adjacent to an activating group) is 1. The number of fused-ring (bicyclic) bond motifs is 1. The van der Waals surface area contributed by atoms with Gasteiger partial charge >= 0.3 is 0 Å². The summed E-state index contributed by atoms with van der Waals surface area (Å²) in [6, 6.07) is 17.4. The van der Waals surface area contributed by atoms with Crippen molar-refractivity contribution in [2.75, 3.05) is 27.2 Å². The summed E-state index contributed by atoms with van der Waals surface area (Å²) in [6.07, 6.45) is 2.28. The number of hydrogen-bond acceptors (Lipinski definition) is 3. The van der Waals surface area contributed by atoms with Gasteiger partial charge in [-0.2, -0.15) is 5.10 Å². The van der Waals surface area contributed by atoms with Crippen molar-refractivity contribution in [3.05, 3.63) is 74.2 Å².